The van der Waals surface area contributed by atoms with Crippen LogP contribution in [0.5, 0.6) is 0 Å². The lowest BCUT2D eigenvalue weighted by atomic mass is 9.78. The lowest BCUT2D eigenvalue weighted by Crippen LogP contribution is -2.31. The summed E-state index contributed by atoms with van der Waals surface area (Å²) in [5, 5.41) is 4.58. The van der Waals surface area contributed by atoms with Crippen LogP contribution in [0.25, 0.3) is 10.9 Å². The van der Waals surface area contributed by atoms with Crippen molar-refractivity contribution in [2.24, 2.45) is 5.92 Å². The van der Waals surface area contributed by atoms with Gasteiger partial charge in [-0.25, -0.2) is 4.39 Å². The molecule has 3 nitrogen and oxygen atoms in total. The van der Waals surface area contributed by atoms with Gasteiger partial charge in [0.05, 0.1) is 5.52 Å². The molecule has 1 aromatic heterocycles. The highest BCUT2D eigenvalue weighted by atomic mass is 35.5. The van der Waals surface area contributed by atoms with Crippen LogP contribution in [0.1, 0.15) is 61.4 Å². The normalized spacial score (nSPS) is 17.4. The number of halogens is 2. The summed E-state index contributed by atoms with van der Waals surface area (Å²) >= 11 is 12.3. The first-order valence-electron chi connectivity index (χ1n) is 10.9. The molecule has 0 saturated heterocycles. The smallest absolute Gasteiger partial charge is 0.251 e. The molecule has 7 heteroatoms. The first-order valence-corrected chi connectivity index (χ1v) is 12.9. The Morgan fingerprint density at radius 1 is 1.06 bits per heavy atom. The zero-order valence-electron chi connectivity index (χ0n) is 18.4. The van der Waals surface area contributed by atoms with E-state index in [0.717, 1.165) is 36.6 Å². The van der Waals surface area contributed by atoms with E-state index in [4.69, 9.17) is 11.6 Å². The summed E-state index contributed by atoms with van der Waals surface area (Å²) in [4.78, 5) is 16.6. The van der Waals surface area contributed by atoms with Gasteiger partial charge in [0.15, 0.2) is 0 Å². The number of aromatic nitrogens is 1. The predicted octanol–water partition coefficient (Wildman–Crippen LogP) is 7.52. The molecular formula is C25H30ClFN2OS2. The molecular weight excluding hydrogens is 463 g/mol. The molecule has 1 heterocycles. The Balaban J connectivity index is 0.000000860. The molecule has 2 aromatic carbocycles. The van der Waals surface area contributed by atoms with E-state index in [1.54, 1.807) is 36.4 Å². The average Bonchev–Trinajstić information content (AvgIpc) is 2.85. The topological polar surface area (TPSA) is 42.0 Å². The second-order valence-electron chi connectivity index (χ2n) is 7.50. The summed E-state index contributed by atoms with van der Waals surface area (Å²) in [6, 6.07) is 13.7. The minimum absolute atomic E-state index is 0.0607. The maximum atomic E-state index is 13.7. The van der Waals surface area contributed by atoms with E-state index in [1.165, 1.54) is 11.6 Å². The van der Waals surface area contributed by atoms with Crippen molar-refractivity contribution in [2.75, 3.05) is 6.54 Å². The van der Waals surface area contributed by atoms with Gasteiger partial charge in [-0.2, -0.15) is 0 Å². The van der Waals surface area contributed by atoms with Crippen molar-refractivity contribution >= 4 is 51.7 Å². The van der Waals surface area contributed by atoms with Crippen LogP contribution in [0.15, 0.2) is 54.7 Å². The van der Waals surface area contributed by atoms with Gasteiger partial charge in [0.25, 0.3) is 5.91 Å². The number of carbonyl (C=O) groups excluding carboxylic acids is 1. The van der Waals surface area contributed by atoms with E-state index in [2.05, 4.69) is 33.6 Å². The fourth-order valence-electron chi connectivity index (χ4n) is 4.11. The molecule has 1 aliphatic carbocycles. The van der Waals surface area contributed by atoms with E-state index in [0.29, 0.717) is 29.0 Å². The number of hydrogen-bond donors (Lipinski definition) is 3. The van der Waals surface area contributed by atoms with Crippen LogP contribution in [-0.4, -0.2) is 17.4 Å². The molecule has 1 aliphatic rings. The Morgan fingerprint density at radius 2 is 1.72 bits per heavy atom. The molecule has 3 aromatic rings. The maximum Gasteiger partial charge on any atom is 0.251 e. The standard InChI is InChI=1S/C23H22ClFN2O.C2H6.H2S2/c24-18-7-5-17(6-8-18)23(28)27-14-15-1-3-16(4-2-15)20-11-12-26-22-10-9-19(25)13-21(20)22;2*1-2/h5-13,15-16H,1-4,14H2,(H,27,28);1-2H3;1-2H. The number of benzene rings is 2. The third-order valence-corrected chi connectivity index (χ3v) is 5.93. The third kappa shape index (κ3) is 7.12. The van der Waals surface area contributed by atoms with Gasteiger partial charge in [-0.15, -0.1) is 23.3 Å². The molecule has 0 bridgehead atoms. The zero-order chi connectivity index (χ0) is 23.5. The second kappa shape index (κ2) is 13.7. The summed E-state index contributed by atoms with van der Waals surface area (Å²) in [7, 11) is 0. The van der Waals surface area contributed by atoms with E-state index in [-0.39, 0.29) is 11.7 Å². The van der Waals surface area contributed by atoms with Gasteiger partial charge in [0.1, 0.15) is 5.82 Å². The van der Waals surface area contributed by atoms with Gasteiger partial charge in [0.2, 0.25) is 0 Å². The third-order valence-electron chi connectivity index (χ3n) is 5.68. The first-order chi connectivity index (χ1) is 15.6. The molecule has 0 radical (unpaired) electrons. The number of rotatable bonds is 4. The summed E-state index contributed by atoms with van der Waals surface area (Å²) in [5.74, 6) is 0.600. The molecule has 0 aliphatic heterocycles. The number of pyridine rings is 1. The zero-order valence-corrected chi connectivity index (χ0v) is 20.9. The number of carbonyl (C=O) groups is 1. The molecule has 172 valence electrons. The minimum atomic E-state index is -0.222. The number of hydrogen-bond acceptors (Lipinski definition) is 4. The molecule has 4 rings (SSSR count). The van der Waals surface area contributed by atoms with Crippen LogP contribution in [0, 0.1) is 11.7 Å². The highest BCUT2D eigenvalue weighted by molar-refractivity contribution is 8.59. The Kier molecular flexibility index (Phi) is 11.4. The van der Waals surface area contributed by atoms with E-state index in [1.807, 2.05) is 26.1 Å². The first kappa shape index (κ1) is 26.5. The number of amides is 1. The Morgan fingerprint density at radius 3 is 2.38 bits per heavy atom. The largest absolute Gasteiger partial charge is 0.352 e. The van der Waals surface area contributed by atoms with Crippen molar-refractivity contribution in [2.45, 2.75) is 45.4 Å². The monoisotopic (exact) mass is 492 g/mol. The van der Waals surface area contributed by atoms with Crippen molar-refractivity contribution in [1.29, 1.82) is 0 Å². The van der Waals surface area contributed by atoms with Crippen molar-refractivity contribution < 1.29 is 9.18 Å². The highest BCUT2D eigenvalue weighted by Crippen LogP contribution is 2.38. The van der Waals surface area contributed by atoms with Crippen molar-refractivity contribution in [3.8, 4) is 0 Å². The quantitative estimate of drug-likeness (QED) is 0.260. The molecule has 1 saturated carbocycles. The molecule has 1 N–H and O–H groups in total. The Labute approximate surface area is 205 Å². The SMILES string of the molecule is CC.O=C(NCC1CCC(c2ccnc3ccc(F)cc23)CC1)c1ccc(Cl)cc1.SS. The van der Waals surface area contributed by atoms with Crippen LogP contribution < -0.4 is 5.32 Å². The van der Waals surface area contributed by atoms with Gasteiger partial charge in [-0.1, -0.05) is 25.4 Å². The average molecular weight is 493 g/mol. The molecule has 0 spiro atoms. The maximum absolute atomic E-state index is 13.7. The van der Waals surface area contributed by atoms with Crippen LogP contribution in [0.2, 0.25) is 5.02 Å². The predicted molar refractivity (Wildman–Crippen MR) is 140 cm³/mol. The van der Waals surface area contributed by atoms with Crippen molar-refractivity contribution in [3.63, 3.8) is 0 Å². The number of thiol groups is 2. The number of nitrogens with one attached hydrogen (secondary N) is 1. The van der Waals surface area contributed by atoms with Crippen LogP contribution in [0.4, 0.5) is 4.39 Å². The van der Waals surface area contributed by atoms with Gasteiger partial charge in [0, 0.05) is 28.7 Å². The van der Waals surface area contributed by atoms with Gasteiger partial charge in [-0.05, 0) is 91.6 Å². The highest BCUT2D eigenvalue weighted by Gasteiger charge is 2.24. The van der Waals surface area contributed by atoms with Crippen molar-refractivity contribution in [3.05, 3.63) is 76.7 Å². The lowest BCUT2D eigenvalue weighted by Gasteiger charge is -2.29. The van der Waals surface area contributed by atoms with Crippen molar-refractivity contribution in [1.82, 2.24) is 10.3 Å². The van der Waals surface area contributed by atoms with Crippen LogP contribution in [-0.2, 0) is 0 Å². The summed E-state index contributed by atoms with van der Waals surface area (Å²) < 4.78 is 13.7. The molecule has 32 heavy (non-hydrogen) atoms. The summed E-state index contributed by atoms with van der Waals surface area (Å²) in [5.41, 5.74) is 2.66. The van der Waals surface area contributed by atoms with Gasteiger partial charge >= 0.3 is 0 Å². The Bertz CT molecular complexity index is 993. The molecule has 0 atom stereocenters. The number of fused-ring (bicyclic) bond motifs is 1. The summed E-state index contributed by atoms with van der Waals surface area (Å²) in [6.07, 6.45) is 5.98. The number of nitrogens with zero attached hydrogens (tertiary/aromatic N) is 1. The van der Waals surface area contributed by atoms with E-state index >= 15 is 0 Å². The summed E-state index contributed by atoms with van der Waals surface area (Å²) in [6.45, 7) is 4.68. The minimum Gasteiger partial charge on any atom is -0.352 e. The van der Waals surface area contributed by atoms with Crippen LogP contribution in [0.3, 0.4) is 0 Å². The fourth-order valence-corrected chi connectivity index (χ4v) is 4.24. The lowest BCUT2D eigenvalue weighted by molar-refractivity contribution is 0.0943. The fraction of sp³-hybridized carbons (Fsp3) is 0.360. The van der Waals surface area contributed by atoms with E-state index < -0.39 is 0 Å². The van der Waals surface area contributed by atoms with Gasteiger partial charge < -0.3 is 5.32 Å². The molecule has 0 unspecified atom stereocenters. The molecule has 1 amide bonds. The molecule has 1 fully saturated rings. The van der Waals surface area contributed by atoms with Crippen LogP contribution >= 0.6 is 34.9 Å². The van der Waals surface area contributed by atoms with E-state index in [9.17, 15) is 9.18 Å². The Hall–Kier alpha value is -1.76. The van der Waals surface area contributed by atoms with Gasteiger partial charge in [-0.3, -0.25) is 9.78 Å². The second-order valence-corrected chi connectivity index (χ2v) is 7.93.